The molecular formula is C19H25ClN2O2. The number of hydrogen-bond donors (Lipinski definition) is 1. The Labute approximate surface area is 149 Å². The molecule has 1 aromatic heterocycles. The van der Waals surface area contributed by atoms with Crippen molar-refractivity contribution in [2.75, 3.05) is 14.2 Å². The Balaban J connectivity index is 0.000000243. The van der Waals surface area contributed by atoms with Crippen molar-refractivity contribution in [1.82, 2.24) is 4.98 Å². The molecule has 130 valence electrons. The highest BCUT2D eigenvalue weighted by atomic mass is 35.5. The van der Waals surface area contributed by atoms with Gasteiger partial charge in [0, 0.05) is 17.5 Å². The summed E-state index contributed by atoms with van der Waals surface area (Å²) in [6.07, 6.45) is 3.77. The van der Waals surface area contributed by atoms with Crippen molar-refractivity contribution in [3.05, 3.63) is 52.3 Å². The minimum atomic E-state index is 0.479. The molecule has 1 heterocycles. The van der Waals surface area contributed by atoms with Crippen molar-refractivity contribution < 1.29 is 9.47 Å². The molecule has 0 aliphatic heterocycles. The van der Waals surface area contributed by atoms with E-state index in [2.05, 4.69) is 11.9 Å². The molecule has 24 heavy (non-hydrogen) atoms. The molecule has 0 saturated carbocycles. The first kappa shape index (κ1) is 20.0. The van der Waals surface area contributed by atoms with Crippen molar-refractivity contribution in [2.24, 2.45) is 0 Å². The summed E-state index contributed by atoms with van der Waals surface area (Å²) in [6, 6.07) is 7.65. The van der Waals surface area contributed by atoms with Gasteiger partial charge in [0.05, 0.1) is 14.2 Å². The van der Waals surface area contributed by atoms with Crippen LogP contribution in [0.5, 0.6) is 11.5 Å². The number of aryl methyl sites for hydroxylation is 2. The lowest BCUT2D eigenvalue weighted by Gasteiger charge is -2.09. The molecule has 0 atom stereocenters. The molecule has 5 heteroatoms. The number of aromatic nitrogens is 1. The number of nitrogens with zero attached hydrogens (tertiary/aromatic N) is 1. The van der Waals surface area contributed by atoms with Crippen LogP contribution in [0, 0.1) is 12.3 Å². The summed E-state index contributed by atoms with van der Waals surface area (Å²) in [4.78, 5) is 3.89. The van der Waals surface area contributed by atoms with Gasteiger partial charge in [0.15, 0.2) is 0 Å². The molecule has 0 aliphatic rings. The number of halogens is 1. The first-order valence-corrected chi connectivity index (χ1v) is 8.19. The molecule has 4 nitrogen and oxygen atoms in total. The Hall–Kier alpha value is -2.07. The van der Waals surface area contributed by atoms with Gasteiger partial charge in [-0.15, -0.1) is 0 Å². The second-order valence-electron chi connectivity index (χ2n) is 5.37. The third-order valence-corrected chi connectivity index (χ3v) is 3.70. The summed E-state index contributed by atoms with van der Waals surface area (Å²) in [7, 11) is 3.37. The van der Waals surface area contributed by atoms with Gasteiger partial charge in [0.25, 0.3) is 0 Å². The molecule has 1 N–H and O–H groups in total. The van der Waals surface area contributed by atoms with E-state index in [1.54, 1.807) is 33.4 Å². The number of rotatable bonds is 5. The van der Waals surface area contributed by atoms with E-state index >= 15 is 0 Å². The lowest BCUT2D eigenvalue weighted by Crippen LogP contribution is -1.96. The Morgan fingerprint density at radius 3 is 2.42 bits per heavy atom. The Bertz CT molecular complexity index is 687. The fraction of sp³-hybridized carbons (Fsp3) is 0.368. The van der Waals surface area contributed by atoms with E-state index in [0.717, 1.165) is 35.5 Å². The monoisotopic (exact) mass is 348 g/mol. The van der Waals surface area contributed by atoms with Crippen LogP contribution >= 0.6 is 11.6 Å². The lowest BCUT2D eigenvalue weighted by atomic mass is 10.1. The molecular weight excluding hydrogens is 324 g/mol. The number of nitrogens with one attached hydrogen (secondary N) is 1. The fourth-order valence-corrected chi connectivity index (χ4v) is 2.47. The van der Waals surface area contributed by atoms with Gasteiger partial charge in [0.1, 0.15) is 16.7 Å². The molecule has 0 unspecified atom stereocenters. The predicted octanol–water partition coefficient (Wildman–Crippen LogP) is 5.09. The van der Waals surface area contributed by atoms with Crippen molar-refractivity contribution in [1.29, 1.82) is 5.41 Å². The van der Waals surface area contributed by atoms with Crippen LogP contribution < -0.4 is 9.47 Å². The quantitative estimate of drug-likeness (QED) is 0.605. The van der Waals surface area contributed by atoms with Gasteiger partial charge >= 0.3 is 0 Å². The van der Waals surface area contributed by atoms with E-state index in [1.165, 1.54) is 5.56 Å². The Morgan fingerprint density at radius 2 is 1.92 bits per heavy atom. The molecule has 0 aliphatic carbocycles. The normalized spacial score (nSPS) is 9.75. The average Bonchev–Trinajstić information content (AvgIpc) is 2.55. The van der Waals surface area contributed by atoms with Crippen LogP contribution in [0.4, 0.5) is 0 Å². The SMILES string of the molecule is CC(=N)c1cnc(Cl)cc1C.CCCc1cc(OC)ccc1OC. The van der Waals surface area contributed by atoms with Crippen LogP contribution in [0.25, 0.3) is 0 Å². The Morgan fingerprint density at radius 1 is 1.21 bits per heavy atom. The zero-order valence-electron chi connectivity index (χ0n) is 14.9. The van der Waals surface area contributed by atoms with Gasteiger partial charge in [-0.05, 0) is 55.7 Å². The van der Waals surface area contributed by atoms with Gasteiger partial charge in [-0.1, -0.05) is 24.9 Å². The summed E-state index contributed by atoms with van der Waals surface area (Å²) >= 11 is 5.64. The molecule has 0 fully saturated rings. The minimum Gasteiger partial charge on any atom is -0.497 e. The lowest BCUT2D eigenvalue weighted by molar-refractivity contribution is 0.398. The van der Waals surface area contributed by atoms with E-state index in [1.807, 2.05) is 25.1 Å². The molecule has 2 rings (SSSR count). The van der Waals surface area contributed by atoms with Gasteiger partial charge < -0.3 is 14.9 Å². The van der Waals surface area contributed by atoms with Crippen LogP contribution in [-0.4, -0.2) is 24.9 Å². The summed E-state index contributed by atoms with van der Waals surface area (Å²) < 4.78 is 10.4. The molecule has 0 radical (unpaired) electrons. The minimum absolute atomic E-state index is 0.479. The van der Waals surface area contributed by atoms with Crippen molar-refractivity contribution in [3.8, 4) is 11.5 Å². The second kappa shape index (κ2) is 9.93. The van der Waals surface area contributed by atoms with E-state index < -0.39 is 0 Å². The molecule has 0 spiro atoms. The number of methoxy groups -OCH3 is 2. The van der Waals surface area contributed by atoms with Crippen LogP contribution in [-0.2, 0) is 6.42 Å². The standard InChI is InChI=1S/C11H16O2.C8H9ClN2/c1-4-5-9-8-10(12-2)6-7-11(9)13-3;1-5-3-8(9)11-4-7(5)6(2)10/h6-8H,4-5H2,1-3H3;3-4,10H,1-2H3. The van der Waals surface area contributed by atoms with E-state index in [9.17, 15) is 0 Å². The van der Waals surface area contributed by atoms with E-state index in [-0.39, 0.29) is 0 Å². The first-order chi connectivity index (χ1) is 11.4. The van der Waals surface area contributed by atoms with Crippen molar-refractivity contribution >= 4 is 17.3 Å². The van der Waals surface area contributed by atoms with Crippen molar-refractivity contribution in [3.63, 3.8) is 0 Å². The molecule has 0 amide bonds. The summed E-state index contributed by atoms with van der Waals surface area (Å²) in [5, 5.41) is 7.84. The van der Waals surface area contributed by atoms with E-state index in [4.69, 9.17) is 26.5 Å². The Kier molecular flexibility index (Phi) is 8.27. The maximum atomic E-state index is 7.36. The number of hydrogen-bond acceptors (Lipinski definition) is 4. The van der Waals surface area contributed by atoms with Crippen molar-refractivity contribution in [2.45, 2.75) is 33.6 Å². The highest BCUT2D eigenvalue weighted by Gasteiger charge is 2.03. The second-order valence-corrected chi connectivity index (χ2v) is 5.76. The van der Waals surface area contributed by atoms with Gasteiger partial charge in [0.2, 0.25) is 0 Å². The third kappa shape index (κ3) is 5.85. The largest absolute Gasteiger partial charge is 0.497 e. The maximum Gasteiger partial charge on any atom is 0.129 e. The predicted molar refractivity (Wildman–Crippen MR) is 100 cm³/mol. The summed E-state index contributed by atoms with van der Waals surface area (Å²) in [5.74, 6) is 1.84. The smallest absolute Gasteiger partial charge is 0.129 e. The summed E-state index contributed by atoms with van der Waals surface area (Å²) in [6.45, 7) is 5.80. The molecule has 0 saturated heterocycles. The fourth-order valence-electron chi connectivity index (χ4n) is 2.26. The van der Waals surface area contributed by atoms with Gasteiger partial charge in [-0.2, -0.15) is 0 Å². The molecule has 1 aromatic carbocycles. The topological polar surface area (TPSA) is 55.2 Å². The molecule has 2 aromatic rings. The highest BCUT2D eigenvalue weighted by Crippen LogP contribution is 2.24. The van der Waals surface area contributed by atoms with Crippen LogP contribution in [0.1, 0.15) is 37.0 Å². The first-order valence-electron chi connectivity index (χ1n) is 7.81. The van der Waals surface area contributed by atoms with Crippen LogP contribution in [0.15, 0.2) is 30.5 Å². The number of benzene rings is 1. The third-order valence-electron chi connectivity index (χ3n) is 3.49. The number of ether oxygens (including phenoxy) is 2. The average molecular weight is 349 g/mol. The van der Waals surface area contributed by atoms with E-state index in [0.29, 0.717) is 10.9 Å². The van der Waals surface area contributed by atoms with Crippen LogP contribution in [0.3, 0.4) is 0 Å². The van der Waals surface area contributed by atoms with Gasteiger partial charge in [-0.25, -0.2) is 4.98 Å². The zero-order valence-corrected chi connectivity index (χ0v) is 15.7. The summed E-state index contributed by atoms with van der Waals surface area (Å²) in [5.41, 5.74) is 3.59. The zero-order chi connectivity index (χ0) is 18.1. The number of pyridine rings is 1. The highest BCUT2D eigenvalue weighted by molar-refractivity contribution is 6.29. The maximum absolute atomic E-state index is 7.36. The molecule has 0 bridgehead atoms. The van der Waals surface area contributed by atoms with Crippen LogP contribution in [0.2, 0.25) is 5.15 Å². The van der Waals surface area contributed by atoms with Gasteiger partial charge in [-0.3, -0.25) is 0 Å².